The molecule has 0 aromatic rings. The highest BCUT2D eigenvalue weighted by Crippen LogP contribution is 2.17. The molecular weight excluding hydrogens is 172 g/mol. The molecule has 1 N–H and O–H groups in total. The van der Waals surface area contributed by atoms with Gasteiger partial charge in [0.05, 0.1) is 0 Å². The molecule has 0 aromatic carbocycles. The predicted molar refractivity (Wildman–Crippen MR) is 60.3 cm³/mol. The van der Waals surface area contributed by atoms with Crippen molar-refractivity contribution in [3.05, 3.63) is 0 Å². The molecular formula is C12H24N2. The van der Waals surface area contributed by atoms with Crippen LogP contribution in [0, 0.1) is 0 Å². The van der Waals surface area contributed by atoms with E-state index in [0.29, 0.717) is 0 Å². The van der Waals surface area contributed by atoms with E-state index < -0.39 is 0 Å². The van der Waals surface area contributed by atoms with E-state index in [-0.39, 0.29) is 0 Å². The topological polar surface area (TPSA) is 15.3 Å². The molecule has 1 aliphatic carbocycles. The van der Waals surface area contributed by atoms with Crippen LogP contribution >= 0.6 is 0 Å². The molecule has 0 bridgehead atoms. The average molecular weight is 196 g/mol. The number of likely N-dealkylation sites (tertiary alicyclic amines) is 1. The van der Waals surface area contributed by atoms with Gasteiger partial charge in [-0.3, -0.25) is 4.90 Å². The van der Waals surface area contributed by atoms with E-state index in [9.17, 15) is 0 Å². The van der Waals surface area contributed by atoms with Crippen molar-refractivity contribution in [2.75, 3.05) is 19.8 Å². The minimum Gasteiger partial charge on any atom is -0.302 e. The molecule has 1 saturated carbocycles. The second kappa shape index (κ2) is 5.72. The van der Waals surface area contributed by atoms with E-state index in [0.717, 1.165) is 12.7 Å². The van der Waals surface area contributed by atoms with Crippen LogP contribution in [-0.4, -0.2) is 30.7 Å². The van der Waals surface area contributed by atoms with Gasteiger partial charge in [-0.15, -0.1) is 0 Å². The maximum absolute atomic E-state index is 3.72. The Kier molecular flexibility index (Phi) is 4.26. The van der Waals surface area contributed by atoms with Crippen LogP contribution in [0.1, 0.15) is 51.4 Å². The smallest absolute Gasteiger partial charge is 0.0482 e. The van der Waals surface area contributed by atoms with E-state index in [1.807, 2.05) is 0 Å². The van der Waals surface area contributed by atoms with Gasteiger partial charge < -0.3 is 5.32 Å². The van der Waals surface area contributed by atoms with Gasteiger partial charge in [0.15, 0.2) is 0 Å². The second-order valence-electron chi connectivity index (χ2n) is 4.88. The summed E-state index contributed by atoms with van der Waals surface area (Å²) in [6.07, 6.45) is 11.4. The molecule has 2 nitrogen and oxygen atoms in total. The quantitative estimate of drug-likeness (QED) is 0.745. The van der Waals surface area contributed by atoms with Crippen molar-refractivity contribution < 1.29 is 0 Å². The highest BCUT2D eigenvalue weighted by atomic mass is 15.2. The summed E-state index contributed by atoms with van der Waals surface area (Å²) in [5.74, 6) is 0. The molecule has 0 atom stereocenters. The van der Waals surface area contributed by atoms with Crippen molar-refractivity contribution in [1.82, 2.24) is 10.2 Å². The van der Waals surface area contributed by atoms with Crippen LogP contribution in [0.15, 0.2) is 0 Å². The van der Waals surface area contributed by atoms with E-state index in [4.69, 9.17) is 0 Å². The van der Waals surface area contributed by atoms with Crippen LogP contribution in [0.25, 0.3) is 0 Å². The molecule has 0 aromatic heterocycles. The number of hydrogen-bond acceptors (Lipinski definition) is 2. The Morgan fingerprint density at radius 3 is 2.21 bits per heavy atom. The van der Waals surface area contributed by atoms with Gasteiger partial charge >= 0.3 is 0 Å². The summed E-state index contributed by atoms with van der Waals surface area (Å²) in [5.41, 5.74) is 0. The molecule has 0 amide bonds. The zero-order valence-corrected chi connectivity index (χ0v) is 9.30. The third kappa shape index (κ3) is 3.25. The molecule has 14 heavy (non-hydrogen) atoms. The molecule has 1 saturated heterocycles. The van der Waals surface area contributed by atoms with Gasteiger partial charge in [0.25, 0.3) is 0 Å². The van der Waals surface area contributed by atoms with E-state index in [1.165, 1.54) is 64.5 Å². The fourth-order valence-electron chi connectivity index (χ4n) is 2.68. The Balaban J connectivity index is 1.60. The zero-order chi connectivity index (χ0) is 9.64. The summed E-state index contributed by atoms with van der Waals surface area (Å²) in [5, 5.41) is 3.72. The Hall–Kier alpha value is -0.0800. The van der Waals surface area contributed by atoms with Gasteiger partial charge in [0.2, 0.25) is 0 Å². The summed E-state index contributed by atoms with van der Waals surface area (Å²) >= 11 is 0. The normalized spacial score (nSPS) is 26.6. The summed E-state index contributed by atoms with van der Waals surface area (Å²) in [4.78, 5) is 2.58. The molecule has 1 aliphatic heterocycles. The SMILES string of the molecule is C1CCC(NCN2CCCCC2)CC1. The average Bonchev–Trinajstić information content (AvgIpc) is 2.29. The van der Waals surface area contributed by atoms with Crippen molar-refractivity contribution in [1.29, 1.82) is 0 Å². The first-order chi connectivity index (χ1) is 6.95. The van der Waals surface area contributed by atoms with Crippen molar-refractivity contribution in [3.8, 4) is 0 Å². The summed E-state index contributed by atoms with van der Waals surface area (Å²) < 4.78 is 0. The second-order valence-corrected chi connectivity index (χ2v) is 4.88. The number of rotatable bonds is 3. The lowest BCUT2D eigenvalue weighted by Gasteiger charge is -2.30. The number of piperidine rings is 1. The molecule has 2 heteroatoms. The lowest BCUT2D eigenvalue weighted by molar-refractivity contribution is 0.194. The third-order valence-corrected chi connectivity index (χ3v) is 3.66. The molecule has 0 radical (unpaired) electrons. The van der Waals surface area contributed by atoms with Crippen LogP contribution in [0.5, 0.6) is 0 Å². The summed E-state index contributed by atoms with van der Waals surface area (Å²) in [6, 6.07) is 0.825. The van der Waals surface area contributed by atoms with Gasteiger partial charge in [0, 0.05) is 12.7 Å². The zero-order valence-electron chi connectivity index (χ0n) is 9.30. The van der Waals surface area contributed by atoms with Crippen LogP contribution in [0.3, 0.4) is 0 Å². The van der Waals surface area contributed by atoms with E-state index in [2.05, 4.69) is 10.2 Å². The van der Waals surface area contributed by atoms with Crippen molar-refractivity contribution in [3.63, 3.8) is 0 Å². The largest absolute Gasteiger partial charge is 0.302 e. The van der Waals surface area contributed by atoms with Gasteiger partial charge in [-0.1, -0.05) is 25.7 Å². The maximum Gasteiger partial charge on any atom is 0.0482 e. The van der Waals surface area contributed by atoms with Crippen LogP contribution in [0.4, 0.5) is 0 Å². The molecule has 82 valence electrons. The number of nitrogens with one attached hydrogen (secondary N) is 1. The van der Waals surface area contributed by atoms with Crippen LogP contribution < -0.4 is 5.32 Å². The van der Waals surface area contributed by atoms with Gasteiger partial charge in [-0.25, -0.2) is 0 Å². The highest BCUT2D eigenvalue weighted by Gasteiger charge is 2.15. The van der Waals surface area contributed by atoms with E-state index in [1.54, 1.807) is 0 Å². The Morgan fingerprint density at radius 2 is 1.50 bits per heavy atom. The molecule has 2 aliphatic rings. The minimum atomic E-state index is 0.825. The first kappa shape index (κ1) is 10.4. The molecule has 2 fully saturated rings. The summed E-state index contributed by atoms with van der Waals surface area (Å²) in [6.45, 7) is 3.78. The van der Waals surface area contributed by atoms with Gasteiger partial charge in [-0.05, 0) is 38.8 Å². The fourth-order valence-corrected chi connectivity index (χ4v) is 2.68. The first-order valence-corrected chi connectivity index (χ1v) is 6.41. The number of nitrogens with zero attached hydrogens (tertiary/aromatic N) is 1. The highest BCUT2D eigenvalue weighted by molar-refractivity contribution is 4.72. The predicted octanol–water partition coefficient (Wildman–Crippen LogP) is 2.35. The Morgan fingerprint density at radius 1 is 0.857 bits per heavy atom. The van der Waals surface area contributed by atoms with E-state index >= 15 is 0 Å². The monoisotopic (exact) mass is 196 g/mol. The molecule has 0 unspecified atom stereocenters. The van der Waals surface area contributed by atoms with Crippen molar-refractivity contribution >= 4 is 0 Å². The Bertz CT molecular complexity index is 128. The Labute approximate surface area is 88.1 Å². The first-order valence-electron chi connectivity index (χ1n) is 6.41. The lowest BCUT2D eigenvalue weighted by atomic mass is 9.96. The fraction of sp³-hybridized carbons (Fsp3) is 1.00. The maximum atomic E-state index is 3.72. The lowest BCUT2D eigenvalue weighted by Crippen LogP contribution is -2.42. The van der Waals surface area contributed by atoms with Gasteiger partial charge in [0.1, 0.15) is 0 Å². The van der Waals surface area contributed by atoms with Crippen LogP contribution in [-0.2, 0) is 0 Å². The third-order valence-electron chi connectivity index (χ3n) is 3.66. The minimum absolute atomic E-state index is 0.825. The summed E-state index contributed by atoms with van der Waals surface area (Å²) in [7, 11) is 0. The molecule has 0 spiro atoms. The van der Waals surface area contributed by atoms with Gasteiger partial charge in [-0.2, -0.15) is 0 Å². The molecule has 1 heterocycles. The van der Waals surface area contributed by atoms with Crippen molar-refractivity contribution in [2.24, 2.45) is 0 Å². The number of hydrogen-bond donors (Lipinski definition) is 1. The van der Waals surface area contributed by atoms with Crippen LogP contribution in [0.2, 0.25) is 0 Å². The standard InChI is InChI=1S/C12H24N2/c1-3-7-12(8-4-1)13-11-14-9-5-2-6-10-14/h12-13H,1-11H2. The molecule has 2 rings (SSSR count). The van der Waals surface area contributed by atoms with Crippen molar-refractivity contribution in [2.45, 2.75) is 57.4 Å².